The number of pyridine rings is 2. The molecule has 0 radical (unpaired) electrons. The highest BCUT2D eigenvalue weighted by Crippen LogP contribution is 2.30. The van der Waals surface area contributed by atoms with Gasteiger partial charge in [-0.2, -0.15) is 0 Å². The summed E-state index contributed by atoms with van der Waals surface area (Å²) < 4.78 is 7.32. The number of fused-ring (bicyclic) bond motifs is 1. The van der Waals surface area contributed by atoms with Crippen LogP contribution in [0.3, 0.4) is 0 Å². The monoisotopic (exact) mass is 345 g/mol. The summed E-state index contributed by atoms with van der Waals surface area (Å²) in [6.07, 6.45) is 7.22. The van der Waals surface area contributed by atoms with Gasteiger partial charge in [-0.1, -0.05) is 18.2 Å². The van der Waals surface area contributed by atoms with Crippen molar-refractivity contribution in [3.8, 4) is 11.6 Å². The fourth-order valence-electron chi connectivity index (χ4n) is 2.93. The number of rotatable bonds is 5. The number of ether oxygens (including phenoxy) is 1. The molecule has 0 amide bonds. The van der Waals surface area contributed by atoms with Crippen LogP contribution in [0.25, 0.3) is 16.7 Å². The third-order valence-corrected chi connectivity index (χ3v) is 4.21. The number of aromatic nitrogens is 4. The molecule has 0 aliphatic carbocycles. The van der Waals surface area contributed by atoms with E-state index in [4.69, 9.17) is 4.74 Å². The molecule has 0 aliphatic heterocycles. The van der Waals surface area contributed by atoms with Crippen molar-refractivity contribution in [1.82, 2.24) is 19.5 Å². The van der Waals surface area contributed by atoms with Gasteiger partial charge in [-0.25, -0.2) is 15.0 Å². The number of anilines is 1. The fraction of sp³-hybridized carbons (Fsp3) is 0.150. The maximum absolute atomic E-state index is 5.44. The first-order valence-electron chi connectivity index (χ1n) is 8.36. The quantitative estimate of drug-likeness (QED) is 0.597. The zero-order valence-corrected chi connectivity index (χ0v) is 14.7. The minimum absolute atomic E-state index is 0.674. The zero-order valence-electron chi connectivity index (χ0n) is 14.7. The first-order chi connectivity index (χ1) is 12.7. The van der Waals surface area contributed by atoms with Crippen molar-refractivity contribution >= 4 is 16.6 Å². The summed E-state index contributed by atoms with van der Waals surface area (Å²) in [5.41, 5.74) is 3.94. The Morgan fingerprint density at radius 1 is 1.19 bits per heavy atom. The van der Waals surface area contributed by atoms with Gasteiger partial charge in [-0.3, -0.25) is 4.57 Å². The van der Waals surface area contributed by atoms with Crippen molar-refractivity contribution in [2.75, 3.05) is 12.4 Å². The first-order valence-corrected chi connectivity index (χ1v) is 8.36. The van der Waals surface area contributed by atoms with Crippen LogP contribution in [0.2, 0.25) is 0 Å². The van der Waals surface area contributed by atoms with Crippen molar-refractivity contribution in [3.63, 3.8) is 0 Å². The van der Waals surface area contributed by atoms with Gasteiger partial charge in [0.05, 0.1) is 7.11 Å². The topological polar surface area (TPSA) is 64.9 Å². The Kier molecular flexibility index (Phi) is 4.23. The number of benzene rings is 1. The van der Waals surface area contributed by atoms with Gasteiger partial charge in [0.2, 0.25) is 0 Å². The lowest BCUT2D eigenvalue weighted by atomic mass is 10.1. The van der Waals surface area contributed by atoms with Crippen LogP contribution < -0.4 is 10.1 Å². The highest BCUT2D eigenvalue weighted by Gasteiger charge is 2.08. The summed E-state index contributed by atoms with van der Waals surface area (Å²) in [5, 5.41) is 4.54. The maximum Gasteiger partial charge on any atom is 0.145 e. The lowest BCUT2D eigenvalue weighted by molar-refractivity contribution is 0.419. The van der Waals surface area contributed by atoms with Crippen molar-refractivity contribution in [2.24, 2.45) is 0 Å². The number of para-hydroxylation sites is 1. The van der Waals surface area contributed by atoms with Gasteiger partial charge in [0.1, 0.15) is 23.4 Å². The van der Waals surface area contributed by atoms with Crippen LogP contribution >= 0.6 is 0 Å². The van der Waals surface area contributed by atoms with Crippen LogP contribution in [-0.2, 0) is 6.54 Å². The molecule has 0 unspecified atom stereocenters. The summed E-state index contributed by atoms with van der Waals surface area (Å²) in [4.78, 5) is 13.2. The van der Waals surface area contributed by atoms with Crippen molar-refractivity contribution < 1.29 is 4.74 Å². The largest absolute Gasteiger partial charge is 0.494 e. The van der Waals surface area contributed by atoms with E-state index in [-0.39, 0.29) is 0 Å². The number of nitrogens with zero attached hydrogens (tertiary/aromatic N) is 4. The molecule has 6 nitrogen and oxygen atoms in total. The normalized spacial score (nSPS) is 10.8. The molecule has 0 aliphatic rings. The second kappa shape index (κ2) is 6.84. The lowest BCUT2D eigenvalue weighted by Crippen LogP contribution is -2.03. The average molecular weight is 345 g/mol. The molecule has 130 valence electrons. The van der Waals surface area contributed by atoms with Crippen LogP contribution in [0.4, 0.5) is 5.69 Å². The van der Waals surface area contributed by atoms with Crippen molar-refractivity contribution in [2.45, 2.75) is 13.5 Å². The van der Waals surface area contributed by atoms with Gasteiger partial charge < -0.3 is 10.1 Å². The van der Waals surface area contributed by atoms with Crippen molar-refractivity contribution in [1.29, 1.82) is 0 Å². The molecule has 3 aromatic heterocycles. The van der Waals surface area contributed by atoms with Crippen LogP contribution in [0.5, 0.6) is 5.75 Å². The Balaban J connectivity index is 1.58. The molecule has 3 heterocycles. The Bertz CT molecular complexity index is 1030. The second-order valence-corrected chi connectivity index (χ2v) is 6.02. The molecule has 0 fully saturated rings. The molecule has 0 saturated carbocycles. The number of methoxy groups -OCH3 is 1. The first kappa shape index (κ1) is 16.1. The van der Waals surface area contributed by atoms with Gasteiger partial charge in [0.25, 0.3) is 0 Å². The summed E-state index contributed by atoms with van der Waals surface area (Å²) in [7, 11) is 1.67. The van der Waals surface area contributed by atoms with Gasteiger partial charge >= 0.3 is 0 Å². The Labute approximate surface area is 151 Å². The standard InChI is InChI=1S/C20H19N5O/c1-14-10-17(16-4-3-5-18(26-2)20(16)24-14)22-11-15-6-7-19(23-12-15)25-9-8-21-13-25/h3-10,12-13H,11H2,1-2H3,(H,22,24). The average Bonchev–Trinajstić information content (AvgIpc) is 3.21. The molecule has 0 atom stereocenters. The number of hydrogen-bond acceptors (Lipinski definition) is 5. The minimum atomic E-state index is 0.674. The van der Waals surface area contributed by atoms with E-state index in [0.29, 0.717) is 6.54 Å². The van der Waals surface area contributed by atoms with Crippen LogP contribution in [0.15, 0.2) is 61.3 Å². The zero-order chi connectivity index (χ0) is 17.9. The van der Waals surface area contributed by atoms with Gasteiger partial charge in [-0.05, 0) is 30.7 Å². The number of imidazole rings is 1. The molecule has 1 aromatic carbocycles. The predicted molar refractivity (Wildman–Crippen MR) is 102 cm³/mol. The number of nitrogens with one attached hydrogen (secondary N) is 1. The van der Waals surface area contributed by atoms with E-state index < -0.39 is 0 Å². The third-order valence-electron chi connectivity index (χ3n) is 4.21. The van der Waals surface area contributed by atoms with E-state index in [1.54, 1.807) is 19.6 Å². The summed E-state index contributed by atoms with van der Waals surface area (Å²) in [6, 6.07) is 12.0. The van der Waals surface area contributed by atoms with Gasteiger partial charge in [0, 0.05) is 41.9 Å². The summed E-state index contributed by atoms with van der Waals surface area (Å²) >= 11 is 0. The Hall–Kier alpha value is -3.41. The van der Waals surface area contributed by atoms with Crippen LogP contribution in [0, 0.1) is 6.92 Å². The molecule has 0 spiro atoms. The van der Waals surface area contributed by atoms with Gasteiger partial charge in [-0.15, -0.1) is 0 Å². The van der Waals surface area contributed by atoms with Crippen molar-refractivity contribution in [3.05, 3.63) is 72.6 Å². The highest BCUT2D eigenvalue weighted by molar-refractivity contribution is 5.95. The van der Waals surface area contributed by atoms with E-state index in [0.717, 1.165) is 39.4 Å². The third kappa shape index (κ3) is 3.09. The molecular weight excluding hydrogens is 326 g/mol. The molecule has 4 aromatic rings. The van der Waals surface area contributed by atoms with E-state index in [1.165, 1.54) is 0 Å². The summed E-state index contributed by atoms with van der Waals surface area (Å²) in [5.74, 6) is 1.63. The van der Waals surface area contributed by atoms with E-state index in [2.05, 4.69) is 32.4 Å². The van der Waals surface area contributed by atoms with E-state index in [1.807, 2.05) is 48.1 Å². The molecule has 4 rings (SSSR count). The Morgan fingerprint density at radius 2 is 2.12 bits per heavy atom. The fourth-order valence-corrected chi connectivity index (χ4v) is 2.93. The molecular formula is C20H19N5O. The molecule has 0 saturated heterocycles. The SMILES string of the molecule is COc1cccc2c(NCc3ccc(-n4ccnc4)nc3)cc(C)nc12. The van der Waals surface area contributed by atoms with E-state index >= 15 is 0 Å². The highest BCUT2D eigenvalue weighted by atomic mass is 16.5. The maximum atomic E-state index is 5.44. The van der Waals surface area contributed by atoms with E-state index in [9.17, 15) is 0 Å². The Morgan fingerprint density at radius 3 is 2.85 bits per heavy atom. The predicted octanol–water partition coefficient (Wildman–Crippen LogP) is 3.74. The second-order valence-electron chi connectivity index (χ2n) is 6.02. The van der Waals surface area contributed by atoms with Gasteiger partial charge in [0.15, 0.2) is 0 Å². The lowest BCUT2D eigenvalue weighted by Gasteiger charge is -2.13. The van der Waals surface area contributed by atoms with Crippen LogP contribution in [0.1, 0.15) is 11.3 Å². The number of aryl methyl sites for hydroxylation is 1. The molecule has 6 heteroatoms. The van der Waals surface area contributed by atoms with Crippen LogP contribution in [-0.4, -0.2) is 26.6 Å². The number of hydrogen-bond donors (Lipinski definition) is 1. The molecule has 1 N–H and O–H groups in total. The smallest absolute Gasteiger partial charge is 0.145 e. The summed E-state index contributed by atoms with van der Waals surface area (Å²) in [6.45, 7) is 2.66. The molecule has 26 heavy (non-hydrogen) atoms. The minimum Gasteiger partial charge on any atom is -0.494 e. The molecule has 0 bridgehead atoms.